The van der Waals surface area contributed by atoms with Crippen LogP contribution in [0.3, 0.4) is 0 Å². The molecule has 5 rings (SSSR count). The number of benzene rings is 2. The zero-order valence-corrected chi connectivity index (χ0v) is 16.3. The predicted molar refractivity (Wildman–Crippen MR) is 112 cm³/mol. The Hall–Kier alpha value is -3.34. The second-order valence-electron chi connectivity index (χ2n) is 7.18. The van der Waals surface area contributed by atoms with Crippen molar-refractivity contribution in [2.75, 3.05) is 18.6 Å². The van der Waals surface area contributed by atoms with E-state index in [0.717, 1.165) is 52.7 Å². The van der Waals surface area contributed by atoms with Crippen LogP contribution in [0.25, 0.3) is 16.8 Å². The van der Waals surface area contributed by atoms with Crippen molar-refractivity contribution in [1.82, 2.24) is 14.6 Å². The number of fused-ring (bicyclic) bond motifs is 2. The molecular weight excluding hydrogens is 348 g/mol. The smallest absolute Gasteiger partial charge is 0.165 e. The van der Waals surface area contributed by atoms with Crippen LogP contribution < -0.4 is 9.64 Å². The third-order valence-corrected chi connectivity index (χ3v) is 5.41. The van der Waals surface area contributed by atoms with Crippen LogP contribution in [-0.4, -0.2) is 28.3 Å². The van der Waals surface area contributed by atoms with Gasteiger partial charge in [0.15, 0.2) is 5.65 Å². The normalized spacial score (nSPS) is 13.2. The molecule has 0 amide bonds. The van der Waals surface area contributed by atoms with E-state index >= 15 is 0 Å². The topological polar surface area (TPSA) is 42.7 Å². The van der Waals surface area contributed by atoms with Gasteiger partial charge in [-0.2, -0.15) is 9.61 Å². The average Bonchev–Trinajstić information content (AvgIpc) is 3.28. The molecule has 0 bridgehead atoms. The molecular formula is C23H22N4O. The summed E-state index contributed by atoms with van der Waals surface area (Å²) in [5.41, 5.74) is 7.44. The predicted octanol–water partition coefficient (Wildman–Crippen LogP) is 4.72. The number of hydrogen-bond acceptors (Lipinski definition) is 4. The van der Waals surface area contributed by atoms with Crippen molar-refractivity contribution in [3.8, 4) is 16.9 Å². The Bertz CT molecular complexity index is 1190. The highest BCUT2D eigenvalue weighted by atomic mass is 16.5. The third-order valence-electron chi connectivity index (χ3n) is 5.41. The average molecular weight is 370 g/mol. The van der Waals surface area contributed by atoms with Gasteiger partial charge in [0.05, 0.1) is 18.4 Å². The van der Waals surface area contributed by atoms with E-state index in [1.165, 1.54) is 11.3 Å². The third kappa shape index (κ3) is 2.47. The summed E-state index contributed by atoms with van der Waals surface area (Å²) < 4.78 is 7.58. The molecule has 0 saturated carbocycles. The first-order valence-corrected chi connectivity index (χ1v) is 9.53. The van der Waals surface area contributed by atoms with Gasteiger partial charge in [-0.3, -0.25) is 0 Å². The van der Waals surface area contributed by atoms with Crippen molar-refractivity contribution in [1.29, 1.82) is 0 Å². The SMILES string of the molecule is COc1ccccc1-c1c(C)nn2c(N3CCc4ccccc43)cc(C)nc12. The molecule has 0 spiro atoms. The van der Waals surface area contributed by atoms with Crippen molar-refractivity contribution in [2.24, 2.45) is 0 Å². The number of anilines is 2. The monoisotopic (exact) mass is 370 g/mol. The summed E-state index contributed by atoms with van der Waals surface area (Å²) >= 11 is 0. The number of aromatic nitrogens is 3. The molecule has 2 aromatic carbocycles. The van der Waals surface area contributed by atoms with Gasteiger partial charge in [0, 0.05) is 29.6 Å². The molecule has 0 radical (unpaired) electrons. The zero-order valence-electron chi connectivity index (χ0n) is 16.3. The Kier molecular flexibility index (Phi) is 3.83. The summed E-state index contributed by atoms with van der Waals surface area (Å²) in [4.78, 5) is 7.20. The molecule has 5 heteroatoms. The highest BCUT2D eigenvalue weighted by Crippen LogP contribution is 2.38. The molecule has 0 N–H and O–H groups in total. The molecule has 0 aliphatic carbocycles. The van der Waals surface area contributed by atoms with Crippen LogP contribution in [0, 0.1) is 13.8 Å². The minimum absolute atomic E-state index is 0.830. The lowest BCUT2D eigenvalue weighted by atomic mass is 10.1. The first kappa shape index (κ1) is 16.8. The molecule has 0 unspecified atom stereocenters. The Morgan fingerprint density at radius 1 is 1.00 bits per heavy atom. The maximum atomic E-state index is 5.60. The molecule has 0 atom stereocenters. The Balaban J connectivity index is 1.76. The van der Waals surface area contributed by atoms with Gasteiger partial charge in [-0.1, -0.05) is 36.4 Å². The van der Waals surface area contributed by atoms with E-state index in [0.29, 0.717) is 0 Å². The van der Waals surface area contributed by atoms with Gasteiger partial charge >= 0.3 is 0 Å². The minimum Gasteiger partial charge on any atom is -0.496 e. The zero-order chi connectivity index (χ0) is 19.3. The fourth-order valence-electron chi connectivity index (χ4n) is 4.16. The summed E-state index contributed by atoms with van der Waals surface area (Å²) in [6, 6.07) is 18.8. The number of methoxy groups -OCH3 is 1. The second kappa shape index (κ2) is 6.37. The van der Waals surface area contributed by atoms with Gasteiger partial charge in [0.2, 0.25) is 0 Å². The molecule has 1 aliphatic heterocycles. The van der Waals surface area contributed by atoms with Crippen molar-refractivity contribution >= 4 is 17.2 Å². The van der Waals surface area contributed by atoms with Gasteiger partial charge in [0.1, 0.15) is 11.6 Å². The Morgan fingerprint density at radius 3 is 2.64 bits per heavy atom. The van der Waals surface area contributed by atoms with Gasteiger partial charge in [-0.25, -0.2) is 4.98 Å². The standard InChI is InChI=1S/C23H22N4O/c1-15-14-21(26-13-12-17-8-4-6-10-19(17)26)27-23(24-15)22(16(2)25-27)18-9-5-7-11-20(18)28-3/h4-11,14H,12-13H2,1-3H3. The molecule has 5 nitrogen and oxygen atoms in total. The lowest BCUT2D eigenvalue weighted by Crippen LogP contribution is -2.18. The van der Waals surface area contributed by atoms with Gasteiger partial charge in [0.25, 0.3) is 0 Å². The van der Waals surface area contributed by atoms with Crippen LogP contribution in [0.5, 0.6) is 5.75 Å². The van der Waals surface area contributed by atoms with Crippen LogP contribution in [0.4, 0.5) is 11.5 Å². The van der Waals surface area contributed by atoms with Crippen LogP contribution in [0.2, 0.25) is 0 Å². The Morgan fingerprint density at radius 2 is 1.79 bits per heavy atom. The second-order valence-corrected chi connectivity index (χ2v) is 7.18. The maximum absolute atomic E-state index is 5.60. The highest BCUT2D eigenvalue weighted by Gasteiger charge is 2.25. The van der Waals surface area contributed by atoms with Crippen molar-refractivity contribution in [2.45, 2.75) is 20.3 Å². The first-order valence-electron chi connectivity index (χ1n) is 9.53. The molecule has 0 fully saturated rings. The number of hydrogen-bond donors (Lipinski definition) is 0. The summed E-state index contributed by atoms with van der Waals surface area (Å²) in [6.45, 7) is 5.02. The molecule has 28 heavy (non-hydrogen) atoms. The number of nitrogens with zero attached hydrogens (tertiary/aromatic N) is 4. The quantitative estimate of drug-likeness (QED) is 0.523. The maximum Gasteiger partial charge on any atom is 0.165 e. The molecule has 3 heterocycles. The summed E-state index contributed by atoms with van der Waals surface area (Å²) in [6.07, 6.45) is 1.04. The molecule has 1 aliphatic rings. The van der Waals surface area contributed by atoms with E-state index in [-0.39, 0.29) is 0 Å². The fourth-order valence-corrected chi connectivity index (χ4v) is 4.16. The van der Waals surface area contributed by atoms with E-state index in [4.69, 9.17) is 14.8 Å². The van der Waals surface area contributed by atoms with Crippen molar-refractivity contribution < 1.29 is 4.74 Å². The van der Waals surface area contributed by atoms with E-state index in [9.17, 15) is 0 Å². The Labute approximate surface area is 164 Å². The first-order chi connectivity index (χ1) is 13.7. The van der Waals surface area contributed by atoms with E-state index in [1.54, 1.807) is 7.11 Å². The van der Waals surface area contributed by atoms with Gasteiger partial charge in [-0.05, 0) is 38.0 Å². The molecule has 2 aromatic heterocycles. The number of para-hydroxylation sites is 2. The molecule has 4 aromatic rings. The van der Waals surface area contributed by atoms with E-state index in [1.807, 2.05) is 36.6 Å². The van der Waals surface area contributed by atoms with E-state index < -0.39 is 0 Å². The number of aryl methyl sites for hydroxylation is 2. The summed E-state index contributed by atoms with van der Waals surface area (Å²) in [5, 5.41) is 4.88. The van der Waals surface area contributed by atoms with Gasteiger partial charge in [-0.15, -0.1) is 0 Å². The van der Waals surface area contributed by atoms with E-state index in [2.05, 4.69) is 41.3 Å². The van der Waals surface area contributed by atoms with Crippen LogP contribution in [-0.2, 0) is 6.42 Å². The van der Waals surface area contributed by atoms with Crippen molar-refractivity contribution in [3.05, 3.63) is 71.5 Å². The van der Waals surface area contributed by atoms with Crippen LogP contribution in [0.15, 0.2) is 54.6 Å². The molecule has 140 valence electrons. The minimum atomic E-state index is 0.830. The largest absolute Gasteiger partial charge is 0.496 e. The lowest BCUT2D eigenvalue weighted by molar-refractivity contribution is 0.416. The van der Waals surface area contributed by atoms with Gasteiger partial charge < -0.3 is 9.64 Å². The lowest BCUT2D eigenvalue weighted by Gasteiger charge is -2.20. The molecule has 0 saturated heterocycles. The highest BCUT2D eigenvalue weighted by molar-refractivity contribution is 5.85. The fraction of sp³-hybridized carbons (Fsp3) is 0.217. The van der Waals surface area contributed by atoms with Crippen LogP contribution >= 0.6 is 0 Å². The summed E-state index contributed by atoms with van der Waals surface area (Å²) in [7, 11) is 1.70. The number of rotatable bonds is 3. The summed E-state index contributed by atoms with van der Waals surface area (Å²) in [5.74, 6) is 1.88. The van der Waals surface area contributed by atoms with Crippen molar-refractivity contribution in [3.63, 3.8) is 0 Å². The number of ether oxygens (including phenoxy) is 1. The van der Waals surface area contributed by atoms with Crippen LogP contribution in [0.1, 0.15) is 17.0 Å².